The number of alkyl halides is 1. The molecule has 0 aromatic heterocycles. The molecule has 2 radical (unpaired) electrons. The molecule has 0 N–H and O–H groups in total. The molecule has 0 heterocycles. The first kappa shape index (κ1) is 6.25. The van der Waals surface area contributed by atoms with Gasteiger partial charge < -0.3 is 0 Å². The summed E-state index contributed by atoms with van der Waals surface area (Å²) in [6, 6.07) is 0. The van der Waals surface area contributed by atoms with Crippen LogP contribution in [-0.4, -0.2) is 27.9 Å². The van der Waals surface area contributed by atoms with Crippen LogP contribution >= 0.6 is 15.9 Å². The van der Waals surface area contributed by atoms with Gasteiger partial charge in [0.05, 0.1) is 0 Å². The zero-order valence-corrected chi connectivity index (χ0v) is 6.08. The Hall–Kier alpha value is 1.25. The minimum atomic E-state index is 0. The third-order valence-electron chi connectivity index (χ3n) is 0.507. The van der Waals surface area contributed by atoms with Gasteiger partial charge in [-0.2, -0.15) is 0 Å². The van der Waals surface area contributed by atoms with Gasteiger partial charge in [0, 0.05) is 27.9 Å². The van der Waals surface area contributed by atoms with Crippen LogP contribution in [0.5, 0.6) is 0 Å². The van der Waals surface area contributed by atoms with Crippen LogP contribution in [0.25, 0.3) is 0 Å². The Bertz CT molecular complexity index is 26.1. The highest BCUT2D eigenvalue weighted by Gasteiger charge is 2.15. The van der Waals surface area contributed by atoms with Gasteiger partial charge in [-0.1, -0.05) is 15.9 Å². The average molecular weight is 145 g/mol. The predicted molar refractivity (Wildman–Crippen MR) is 27.7 cm³/mol. The molecule has 5 heavy (non-hydrogen) atoms. The van der Waals surface area contributed by atoms with Crippen molar-refractivity contribution >= 4 is 39.0 Å². The van der Waals surface area contributed by atoms with Crippen molar-refractivity contribution in [2.75, 3.05) is 0 Å². The van der Waals surface area contributed by atoms with Crippen molar-refractivity contribution in [3.8, 4) is 0 Å². The fraction of sp³-hybridized carbons (Fsp3) is 1.00. The van der Waals surface area contributed by atoms with Crippen LogP contribution in [0.1, 0.15) is 12.8 Å². The van der Waals surface area contributed by atoms with Gasteiger partial charge in [0.25, 0.3) is 0 Å². The van der Waals surface area contributed by atoms with Gasteiger partial charge >= 0.3 is 0 Å². The van der Waals surface area contributed by atoms with Crippen molar-refractivity contribution in [2.45, 2.75) is 17.7 Å². The summed E-state index contributed by atoms with van der Waals surface area (Å²) >= 11 is 3.38. The maximum atomic E-state index is 3.38. The van der Waals surface area contributed by atoms with E-state index < -0.39 is 0 Å². The van der Waals surface area contributed by atoms with Gasteiger partial charge in [-0.15, -0.1) is 0 Å². The Morgan fingerprint density at radius 1 is 1.40 bits per heavy atom. The molecule has 0 aromatic carbocycles. The summed E-state index contributed by atoms with van der Waals surface area (Å²) in [7, 11) is 0. The van der Waals surface area contributed by atoms with Crippen LogP contribution in [-0.2, 0) is 0 Å². The first-order valence-corrected chi connectivity index (χ1v) is 2.45. The molecule has 26 valence electrons. The normalized spacial score (nSPS) is 21.0. The molecule has 0 saturated heterocycles. The van der Waals surface area contributed by atoms with E-state index in [0.29, 0.717) is 0 Å². The summed E-state index contributed by atoms with van der Waals surface area (Å²) in [6.07, 6.45) is 2.81. The highest BCUT2D eigenvalue weighted by atomic mass is 79.9. The van der Waals surface area contributed by atoms with E-state index in [0.717, 1.165) is 4.83 Å². The minimum absolute atomic E-state index is 0. The maximum absolute atomic E-state index is 3.38. The van der Waals surface area contributed by atoms with Gasteiger partial charge in [-0.05, 0) is 12.8 Å². The highest BCUT2D eigenvalue weighted by Crippen LogP contribution is 2.27. The van der Waals surface area contributed by atoms with Crippen molar-refractivity contribution in [2.24, 2.45) is 0 Å². The first-order chi connectivity index (χ1) is 1.89. The molecule has 1 aliphatic carbocycles. The SMILES string of the molecule is BrC1CC1.[Mg]. The van der Waals surface area contributed by atoms with E-state index in [2.05, 4.69) is 15.9 Å². The number of rotatable bonds is 0. The van der Waals surface area contributed by atoms with Crippen molar-refractivity contribution < 1.29 is 0 Å². The molecule has 0 aliphatic heterocycles. The topological polar surface area (TPSA) is 0 Å². The van der Waals surface area contributed by atoms with Crippen LogP contribution in [0.4, 0.5) is 0 Å². The monoisotopic (exact) mass is 144 g/mol. The summed E-state index contributed by atoms with van der Waals surface area (Å²) in [5, 5.41) is 0. The lowest BCUT2D eigenvalue weighted by molar-refractivity contribution is 1.50. The summed E-state index contributed by atoms with van der Waals surface area (Å²) in [5.41, 5.74) is 0. The molecular formula is C3H5BrMg. The Morgan fingerprint density at radius 2 is 1.60 bits per heavy atom. The predicted octanol–water partition coefficient (Wildman–Crippen LogP) is 1.16. The standard InChI is InChI=1S/C3H5Br.Mg/c4-3-1-2-3;/h3H,1-2H2;. The quantitative estimate of drug-likeness (QED) is 0.354. The molecule has 1 saturated carbocycles. The summed E-state index contributed by atoms with van der Waals surface area (Å²) in [5.74, 6) is 0. The van der Waals surface area contributed by atoms with Crippen LogP contribution < -0.4 is 0 Å². The molecule has 1 aliphatic rings. The van der Waals surface area contributed by atoms with Crippen molar-refractivity contribution in [1.29, 1.82) is 0 Å². The van der Waals surface area contributed by atoms with Gasteiger partial charge in [-0.3, -0.25) is 0 Å². The van der Waals surface area contributed by atoms with Crippen LogP contribution in [0.15, 0.2) is 0 Å². The third kappa shape index (κ3) is 3.07. The zero-order chi connectivity index (χ0) is 2.99. The summed E-state index contributed by atoms with van der Waals surface area (Å²) in [4.78, 5) is 0.896. The third-order valence-corrected chi connectivity index (χ3v) is 1.42. The fourth-order valence-corrected chi connectivity index (χ4v) is 0.327. The largest absolute Gasteiger partial charge is 0.0891 e. The second kappa shape index (κ2) is 2.42. The van der Waals surface area contributed by atoms with E-state index >= 15 is 0 Å². The Morgan fingerprint density at radius 3 is 1.60 bits per heavy atom. The Balaban J connectivity index is 0.000000160. The molecule has 0 aromatic rings. The van der Waals surface area contributed by atoms with E-state index in [1.165, 1.54) is 12.8 Å². The molecule has 0 unspecified atom stereocenters. The number of hydrogen-bond donors (Lipinski definition) is 0. The lowest BCUT2D eigenvalue weighted by atomic mass is 11.0. The van der Waals surface area contributed by atoms with Crippen molar-refractivity contribution in [3.63, 3.8) is 0 Å². The summed E-state index contributed by atoms with van der Waals surface area (Å²) in [6.45, 7) is 0. The van der Waals surface area contributed by atoms with Crippen LogP contribution in [0.3, 0.4) is 0 Å². The highest BCUT2D eigenvalue weighted by molar-refractivity contribution is 9.09. The molecule has 0 atom stereocenters. The molecular weight excluding hydrogens is 140 g/mol. The smallest absolute Gasteiger partial charge is 0.0146 e. The van der Waals surface area contributed by atoms with Crippen LogP contribution in [0.2, 0.25) is 0 Å². The molecule has 1 fully saturated rings. The zero-order valence-electron chi connectivity index (χ0n) is 3.08. The van der Waals surface area contributed by atoms with Gasteiger partial charge in [0.15, 0.2) is 0 Å². The number of halogens is 1. The van der Waals surface area contributed by atoms with Crippen LogP contribution in [0, 0.1) is 0 Å². The molecule has 2 heteroatoms. The van der Waals surface area contributed by atoms with Gasteiger partial charge in [0.1, 0.15) is 0 Å². The van der Waals surface area contributed by atoms with E-state index in [1.807, 2.05) is 0 Å². The van der Waals surface area contributed by atoms with Crippen molar-refractivity contribution in [1.82, 2.24) is 0 Å². The van der Waals surface area contributed by atoms with E-state index in [9.17, 15) is 0 Å². The second-order valence-corrected chi connectivity index (χ2v) is 2.47. The second-order valence-electron chi connectivity index (χ2n) is 1.17. The molecule has 1 rings (SSSR count). The molecule has 0 spiro atoms. The summed E-state index contributed by atoms with van der Waals surface area (Å²) < 4.78 is 0. The van der Waals surface area contributed by atoms with E-state index in [-0.39, 0.29) is 23.1 Å². The van der Waals surface area contributed by atoms with E-state index in [4.69, 9.17) is 0 Å². The molecule has 0 bridgehead atoms. The lowest BCUT2D eigenvalue weighted by Gasteiger charge is -1.50. The van der Waals surface area contributed by atoms with Crippen molar-refractivity contribution in [3.05, 3.63) is 0 Å². The molecule has 0 nitrogen and oxygen atoms in total. The average Bonchev–Trinajstić information content (AvgIpc) is 1.75. The Labute approximate surface area is 56.6 Å². The van der Waals surface area contributed by atoms with Gasteiger partial charge in [0.2, 0.25) is 0 Å². The van der Waals surface area contributed by atoms with Gasteiger partial charge in [-0.25, -0.2) is 0 Å². The maximum Gasteiger partial charge on any atom is 0.0146 e. The lowest BCUT2D eigenvalue weighted by Crippen LogP contribution is -1.42. The number of hydrogen-bond acceptors (Lipinski definition) is 0. The minimum Gasteiger partial charge on any atom is -0.0891 e. The van der Waals surface area contributed by atoms with E-state index in [1.54, 1.807) is 0 Å². The Kier molecular flexibility index (Phi) is 3.03. The fourth-order valence-electron chi connectivity index (χ4n) is 0.0630. The first-order valence-electron chi connectivity index (χ1n) is 1.53. The molecule has 0 amide bonds.